The molecule has 0 aliphatic carbocycles. The van der Waals surface area contributed by atoms with Gasteiger partial charge in [-0.3, -0.25) is 14.5 Å². The summed E-state index contributed by atoms with van der Waals surface area (Å²) in [5.74, 6) is 0.500. The summed E-state index contributed by atoms with van der Waals surface area (Å²) in [6, 6.07) is 20.0. The van der Waals surface area contributed by atoms with Crippen LogP contribution in [0.15, 0.2) is 78.3 Å². The number of aliphatic hydroxyl groups excluding tert-OH is 1. The van der Waals surface area contributed by atoms with Gasteiger partial charge in [0.15, 0.2) is 5.75 Å². The zero-order valence-corrected chi connectivity index (χ0v) is 26.2. The van der Waals surface area contributed by atoms with Crippen molar-refractivity contribution in [2.45, 2.75) is 32.5 Å². The van der Waals surface area contributed by atoms with Crippen molar-refractivity contribution in [2.75, 3.05) is 39.2 Å². The largest absolute Gasteiger partial charge is 0.497 e. The number of benzene rings is 3. The number of hydrogen-bond donors (Lipinski definition) is 2. The molecule has 1 aliphatic heterocycles. The molecule has 0 fully saturated rings. The van der Waals surface area contributed by atoms with E-state index in [4.69, 9.17) is 9.47 Å². The van der Waals surface area contributed by atoms with E-state index in [9.17, 15) is 14.7 Å². The van der Waals surface area contributed by atoms with Gasteiger partial charge >= 0.3 is 0 Å². The van der Waals surface area contributed by atoms with Crippen LogP contribution in [0.25, 0.3) is 10.6 Å². The number of ether oxygens (including phenoxy) is 2. The number of carbonyl (C=O) groups excluding carboxylic acids is 2. The molecule has 0 spiro atoms. The van der Waals surface area contributed by atoms with E-state index in [1.165, 1.54) is 11.3 Å². The molecule has 2 N–H and O–H groups in total. The lowest BCUT2D eigenvalue weighted by atomic mass is 9.98. The van der Waals surface area contributed by atoms with E-state index >= 15 is 0 Å². The molecule has 5 rings (SSSR count). The second kappa shape index (κ2) is 14.0. The lowest BCUT2D eigenvalue weighted by molar-refractivity contribution is 0.0343. The third-order valence-electron chi connectivity index (χ3n) is 7.87. The highest BCUT2D eigenvalue weighted by molar-refractivity contribution is 7.13. The molecular formula is C34H38N4O5S. The van der Waals surface area contributed by atoms with E-state index in [0.717, 1.165) is 21.9 Å². The van der Waals surface area contributed by atoms with Crippen molar-refractivity contribution in [3.05, 3.63) is 95.0 Å². The molecule has 10 heteroatoms. The normalized spacial score (nSPS) is 17.3. The summed E-state index contributed by atoms with van der Waals surface area (Å²) in [7, 11) is 3.68. The smallest absolute Gasteiger partial charge is 0.258 e. The SMILES string of the molecule is COc1ccc(CN(C)C[C@H]2Oc3c(NC(=O)c4ccc(-c5nccs5)cc4)cccc3C(=O)N([C@@H](C)CO)C[C@H]2C)cc1. The van der Waals surface area contributed by atoms with Crippen molar-refractivity contribution in [3.63, 3.8) is 0 Å². The average Bonchev–Trinajstić information content (AvgIpc) is 3.58. The third-order valence-corrected chi connectivity index (χ3v) is 8.69. The fourth-order valence-electron chi connectivity index (χ4n) is 5.30. The predicted octanol–water partition coefficient (Wildman–Crippen LogP) is 5.42. The highest BCUT2D eigenvalue weighted by Crippen LogP contribution is 2.35. The first-order chi connectivity index (χ1) is 21.3. The van der Waals surface area contributed by atoms with Crippen molar-refractivity contribution in [3.8, 4) is 22.1 Å². The molecule has 44 heavy (non-hydrogen) atoms. The maximum atomic E-state index is 13.8. The molecule has 1 aromatic heterocycles. The number of methoxy groups -OCH3 is 1. The lowest BCUT2D eigenvalue weighted by Crippen LogP contribution is -2.49. The highest BCUT2D eigenvalue weighted by Gasteiger charge is 2.34. The fourth-order valence-corrected chi connectivity index (χ4v) is 5.94. The average molecular weight is 615 g/mol. The van der Waals surface area contributed by atoms with Crippen LogP contribution in [0.2, 0.25) is 0 Å². The molecule has 3 aromatic carbocycles. The van der Waals surface area contributed by atoms with Gasteiger partial charge < -0.3 is 24.8 Å². The summed E-state index contributed by atoms with van der Waals surface area (Å²) in [6.07, 6.45) is 1.44. The van der Waals surface area contributed by atoms with Crippen LogP contribution in [0.5, 0.6) is 11.5 Å². The number of anilines is 1. The summed E-state index contributed by atoms with van der Waals surface area (Å²) in [5, 5.41) is 15.8. The van der Waals surface area contributed by atoms with Gasteiger partial charge in [0.2, 0.25) is 0 Å². The van der Waals surface area contributed by atoms with E-state index in [2.05, 4.69) is 15.2 Å². The summed E-state index contributed by atoms with van der Waals surface area (Å²) in [6.45, 7) is 5.40. The number of nitrogens with zero attached hydrogens (tertiary/aromatic N) is 3. The Morgan fingerprint density at radius 3 is 2.59 bits per heavy atom. The van der Waals surface area contributed by atoms with Gasteiger partial charge in [-0.1, -0.05) is 37.3 Å². The molecule has 1 aliphatic rings. The first-order valence-electron chi connectivity index (χ1n) is 14.6. The van der Waals surface area contributed by atoms with E-state index < -0.39 is 0 Å². The number of rotatable bonds is 10. The van der Waals surface area contributed by atoms with E-state index in [1.54, 1.807) is 48.5 Å². The zero-order chi connectivity index (χ0) is 31.2. The van der Waals surface area contributed by atoms with Gasteiger partial charge in [-0.05, 0) is 55.9 Å². The Morgan fingerprint density at radius 2 is 1.93 bits per heavy atom. The molecule has 0 saturated carbocycles. The third kappa shape index (κ3) is 7.10. The van der Waals surface area contributed by atoms with Gasteiger partial charge in [-0.25, -0.2) is 4.98 Å². The highest BCUT2D eigenvalue weighted by atomic mass is 32.1. The first-order valence-corrected chi connectivity index (χ1v) is 15.5. The number of amides is 2. The van der Waals surface area contributed by atoms with Crippen molar-refractivity contribution in [2.24, 2.45) is 5.92 Å². The molecule has 2 amide bonds. The van der Waals surface area contributed by atoms with Gasteiger partial charge in [0, 0.05) is 48.3 Å². The zero-order valence-electron chi connectivity index (χ0n) is 25.4. The van der Waals surface area contributed by atoms with Crippen molar-refractivity contribution < 1.29 is 24.2 Å². The Hall–Kier alpha value is -4.25. The van der Waals surface area contributed by atoms with Gasteiger partial charge in [0.1, 0.15) is 16.9 Å². The Labute approximate surface area is 262 Å². The fraction of sp³-hybridized carbons (Fsp3) is 0.324. The van der Waals surface area contributed by atoms with E-state index in [1.807, 2.05) is 62.7 Å². The monoisotopic (exact) mass is 614 g/mol. The van der Waals surface area contributed by atoms with Crippen molar-refractivity contribution in [1.82, 2.24) is 14.8 Å². The molecule has 9 nitrogen and oxygen atoms in total. The Bertz CT molecular complexity index is 1560. The number of aliphatic hydroxyl groups is 1. The van der Waals surface area contributed by atoms with Gasteiger partial charge in [0.05, 0.1) is 31.0 Å². The number of nitrogens with one attached hydrogen (secondary N) is 1. The van der Waals surface area contributed by atoms with E-state index in [0.29, 0.717) is 42.2 Å². The summed E-state index contributed by atoms with van der Waals surface area (Å²) >= 11 is 1.53. The maximum absolute atomic E-state index is 13.8. The minimum atomic E-state index is -0.386. The first kappa shape index (κ1) is 31.2. The van der Waals surface area contributed by atoms with Crippen LogP contribution in [0.4, 0.5) is 5.69 Å². The minimum absolute atomic E-state index is 0.0680. The number of likely N-dealkylation sites (N-methyl/N-ethyl adjacent to an activating group) is 1. The molecular weight excluding hydrogens is 576 g/mol. The topological polar surface area (TPSA) is 104 Å². The van der Waals surface area contributed by atoms with Gasteiger partial charge in [0.25, 0.3) is 11.8 Å². The molecule has 0 bridgehead atoms. The number of aromatic nitrogens is 1. The van der Waals surface area contributed by atoms with Crippen LogP contribution in [0, 0.1) is 5.92 Å². The van der Waals surface area contributed by atoms with Crippen molar-refractivity contribution in [1.29, 1.82) is 0 Å². The summed E-state index contributed by atoms with van der Waals surface area (Å²) in [4.78, 5) is 35.4. The number of fused-ring (bicyclic) bond motifs is 1. The summed E-state index contributed by atoms with van der Waals surface area (Å²) < 4.78 is 12.0. The Kier molecular flexibility index (Phi) is 9.94. The van der Waals surface area contributed by atoms with Crippen LogP contribution in [-0.2, 0) is 6.54 Å². The van der Waals surface area contributed by atoms with Crippen molar-refractivity contribution >= 4 is 28.8 Å². The molecule has 0 unspecified atom stereocenters. The number of carbonyl (C=O) groups is 2. The van der Waals surface area contributed by atoms with Crippen LogP contribution < -0.4 is 14.8 Å². The second-order valence-corrected chi connectivity index (χ2v) is 12.1. The molecule has 4 aromatic rings. The Morgan fingerprint density at radius 1 is 1.18 bits per heavy atom. The van der Waals surface area contributed by atoms with Crippen LogP contribution >= 0.6 is 11.3 Å². The van der Waals surface area contributed by atoms with Gasteiger partial charge in [-0.2, -0.15) is 0 Å². The maximum Gasteiger partial charge on any atom is 0.258 e. The Balaban J connectivity index is 1.42. The van der Waals surface area contributed by atoms with Crippen LogP contribution in [0.1, 0.15) is 40.1 Å². The molecule has 0 radical (unpaired) electrons. The molecule has 0 saturated heterocycles. The number of para-hydroxylation sites is 1. The van der Waals surface area contributed by atoms with Crippen LogP contribution in [0.3, 0.4) is 0 Å². The van der Waals surface area contributed by atoms with E-state index in [-0.39, 0.29) is 36.5 Å². The predicted molar refractivity (Wildman–Crippen MR) is 172 cm³/mol. The molecule has 230 valence electrons. The van der Waals surface area contributed by atoms with Crippen LogP contribution in [-0.4, -0.2) is 77.7 Å². The number of thiazole rings is 1. The minimum Gasteiger partial charge on any atom is -0.497 e. The lowest BCUT2D eigenvalue weighted by Gasteiger charge is -2.38. The quantitative estimate of drug-likeness (QED) is 0.246. The molecule has 2 heterocycles. The second-order valence-electron chi connectivity index (χ2n) is 11.2. The molecule has 3 atom stereocenters. The number of hydrogen-bond acceptors (Lipinski definition) is 8. The van der Waals surface area contributed by atoms with Gasteiger partial charge in [-0.15, -0.1) is 11.3 Å². The standard InChI is InChI=1S/C34H38N4O5S/c1-22-18-38(23(2)21-39)34(41)28-6-5-7-29(36-32(40)25-10-12-26(13-11-25)33-35-16-17-44-33)31(28)43-30(22)20-37(3)19-24-8-14-27(42-4)15-9-24/h5-17,22-23,30,39H,18-21H2,1-4H3,(H,36,40)/t22-,23+,30-/m1/s1. The summed E-state index contributed by atoms with van der Waals surface area (Å²) in [5.41, 5.74) is 3.30.